The zero-order chi connectivity index (χ0) is 13.2. The zero-order valence-electron chi connectivity index (χ0n) is 10.7. The van der Waals surface area contributed by atoms with Crippen molar-refractivity contribution in [3.63, 3.8) is 0 Å². The Hall–Kier alpha value is -1.43. The Kier molecular flexibility index (Phi) is 3.50. The number of rotatable bonds is 2. The molecule has 2 aliphatic heterocycles. The van der Waals surface area contributed by atoms with Crippen LogP contribution >= 0.6 is 11.3 Å². The number of hydrogen-bond acceptors (Lipinski definition) is 4. The quantitative estimate of drug-likeness (QED) is 0.882. The Balaban J connectivity index is 1.65. The Morgan fingerprint density at radius 2 is 2.37 bits per heavy atom. The molecule has 2 fully saturated rings. The summed E-state index contributed by atoms with van der Waals surface area (Å²) in [6, 6.07) is -0.303. The average molecular weight is 279 g/mol. The van der Waals surface area contributed by atoms with E-state index in [1.54, 1.807) is 11.3 Å². The van der Waals surface area contributed by atoms with Crippen molar-refractivity contribution in [1.82, 2.24) is 15.2 Å². The van der Waals surface area contributed by atoms with Gasteiger partial charge in [-0.2, -0.15) is 0 Å². The summed E-state index contributed by atoms with van der Waals surface area (Å²) in [7, 11) is 0. The molecule has 1 N–H and O–H groups in total. The molecule has 19 heavy (non-hydrogen) atoms. The zero-order valence-corrected chi connectivity index (χ0v) is 11.5. The highest BCUT2D eigenvalue weighted by atomic mass is 32.1. The molecule has 2 amide bonds. The van der Waals surface area contributed by atoms with Gasteiger partial charge in [0.1, 0.15) is 6.04 Å². The van der Waals surface area contributed by atoms with E-state index in [9.17, 15) is 9.59 Å². The van der Waals surface area contributed by atoms with Crippen LogP contribution in [0.2, 0.25) is 0 Å². The number of carbonyl (C=O) groups excluding carboxylic acids is 2. The predicted octanol–water partition coefficient (Wildman–Crippen LogP) is 1.13. The largest absolute Gasteiger partial charge is 0.344 e. The van der Waals surface area contributed by atoms with E-state index in [2.05, 4.69) is 10.3 Å². The second-order valence-electron chi connectivity index (χ2n) is 5.15. The van der Waals surface area contributed by atoms with Crippen LogP contribution in [0, 0.1) is 0 Å². The second kappa shape index (κ2) is 5.28. The molecule has 5 nitrogen and oxygen atoms in total. The van der Waals surface area contributed by atoms with Crippen LogP contribution in [0.4, 0.5) is 0 Å². The normalized spacial score (nSPS) is 27.4. The molecule has 0 aliphatic carbocycles. The molecule has 3 heterocycles. The average Bonchev–Trinajstić information content (AvgIpc) is 3.09. The number of nitrogens with zero attached hydrogens (tertiary/aromatic N) is 2. The molecule has 0 bridgehead atoms. The summed E-state index contributed by atoms with van der Waals surface area (Å²) in [5, 5.41) is 5.86. The molecule has 0 spiro atoms. The predicted molar refractivity (Wildman–Crippen MR) is 71.8 cm³/mol. The second-order valence-corrected chi connectivity index (χ2v) is 6.08. The maximum atomic E-state index is 12.4. The van der Waals surface area contributed by atoms with Crippen LogP contribution in [0.25, 0.3) is 0 Å². The first-order chi connectivity index (χ1) is 9.24. The molecule has 0 aromatic carbocycles. The van der Waals surface area contributed by atoms with E-state index in [0.717, 1.165) is 30.9 Å². The lowest BCUT2D eigenvalue weighted by molar-refractivity contribution is -0.135. The van der Waals surface area contributed by atoms with Crippen molar-refractivity contribution < 1.29 is 9.59 Å². The van der Waals surface area contributed by atoms with E-state index in [1.165, 1.54) is 0 Å². The monoisotopic (exact) mass is 279 g/mol. The molecular weight excluding hydrogens is 262 g/mol. The van der Waals surface area contributed by atoms with Gasteiger partial charge in [0.05, 0.1) is 5.01 Å². The SMILES string of the molecule is O=C1CC[C@@H](C(=O)N2CCC[C@@H](c3nccs3)C2)N1. The first kappa shape index (κ1) is 12.6. The maximum Gasteiger partial charge on any atom is 0.245 e. The number of likely N-dealkylation sites (tertiary alicyclic amines) is 1. The highest BCUT2D eigenvalue weighted by Crippen LogP contribution is 2.28. The summed E-state index contributed by atoms with van der Waals surface area (Å²) in [4.78, 5) is 29.8. The first-order valence-corrected chi connectivity index (χ1v) is 7.59. The summed E-state index contributed by atoms with van der Waals surface area (Å²) >= 11 is 1.66. The van der Waals surface area contributed by atoms with Crippen LogP contribution in [0.1, 0.15) is 36.6 Å². The minimum Gasteiger partial charge on any atom is -0.344 e. The van der Waals surface area contributed by atoms with Crippen LogP contribution in [0.3, 0.4) is 0 Å². The topological polar surface area (TPSA) is 62.3 Å². The Morgan fingerprint density at radius 3 is 3.05 bits per heavy atom. The number of amides is 2. The molecule has 2 atom stereocenters. The van der Waals surface area contributed by atoms with E-state index in [1.807, 2.05) is 16.5 Å². The van der Waals surface area contributed by atoms with Crippen LogP contribution in [-0.4, -0.2) is 40.8 Å². The number of thiazole rings is 1. The first-order valence-electron chi connectivity index (χ1n) is 6.71. The van der Waals surface area contributed by atoms with Crippen LogP contribution in [0.5, 0.6) is 0 Å². The van der Waals surface area contributed by atoms with Crippen LogP contribution in [-0.2, 0) is 9.59 Å². The van der Waals surface area contributed by atoms with Crippen molar-refractivity contribution in [1.29, 1.82) is 0 Å². The summed E-state index contributed by atoms with van der Waals surface area (Å²) in [5.41, 5.74) is 0. The fourth-order valence-corrected chi connectivity index (χ4v) is 3.60. The molecule has 1 aromatic rings. The Bertz CT molecular complexity index is 474. The van der Waals surface area contributed by atoms with E-state index < -0.39 is 0 Å². The molecule has 2 saturated heterocycles. The van der Waals surface area contributed by atoms with E-state index in [4.69, 9.17) is 0 Å². The summed E-state index contributed by atoms with van der Waals surface area (Å²) in [5.74, 6) is 0.425. The molecule has 0 unspecified atom stereocenters. The lowest BCUT2D eigenvalue weighted by Gasteiger charge is -2.33. The molecule has 0 radical (unpaired) electrons. The van der Waals surface area contributed by atoms with E-state index in [0.29, 0.717) is 18.8 Å². The van der Waals surface area contributed by atoms with Crippen LogP contribution < -0.4 is 5.32 Å². The van der Waals surface area contributed by atoms with Gasteiger partial charge < -0.3 is 10.2 Å². The molecule has 3 rings (SSSR count). The number of hydrogen-bond donors (Lipinski definition) is 1. The van der Waals surface area contributed by atoms with Crippen molar-refractivity contribution in [2.75, 3.05) is 13.1 Å². The van der Waals surface area contributed by atoms with Gasteiger partial charge in [-0.15, -0.1) is 11.3 Å². The van der Waals surface area contributed by atoms with Crippen molar-refractivity contribution in [2.24, 2.45) is 0 Å². The third kappa shape index (κ3) is 2.63. The van der Waals surface area contributed by atoms with Crippen molar-refractivity contribution in [3.8, 4) is 0 Å². The van der Waals surface area contributed by atoms with E-state index >= 15 is 0 Å². The standard InChI is InChI=1S/C13H17N3O2S/c17-11-4-3-10(15-11)13(18)16-6-1-2-9(8-16)12-14-5-7-19-12/h5,7,9-10H,1-4,6,8H2,(H,15,17)/t9-,10+/m1/s1. The van der Waals surface area contributed by atoms with Crippen molar-refractivity contribution >= 4 is 23.2 Å². The van der Waals surface area contributed by atoms with Gasteiger partial charge in [0.25, 0.3) is 0 Å². The molecule has 2 aliphatic rings. The van der Waals surface area contributed by atoms with Gasteiger partial charge in [0.15, 0.2) is 0 Å². The minimum absolute atomic E-state index is 0.00756. The highest BCUT2D eigenvalue weighted by Gasteiger charge is 2.33. The third-order valence-electron chi connectivity index (χ3n) is 3.83. The third-order valence-corrected chi connectivity index (χ3v) is 4.77. The summed E-state index contributed by atoms with van der Waals surface area (Å²) in [6.45, 7) is 1.53. The Labute approximate surface area is 116 Å². The maximum absolute atomic E-state index is 12.4. The fourth-order valence-electron chi connectivity index (χ4n) is 2.83. The fraction of sp³-hybridized carbons (Fsp3) is 0.615. The van der Waals surface area contributed by atoms with Crippen LogP contribution in [0.15, 0.2) is 11.6 Å². The van der Waals surface area contributed by atoms with Gasteiger partial charge >= 0.3 is 0 Å². The number of nitrogens with one attached hydrogen (secondary N) is 1. The summed E-state index contributed by atoms with van der Waals surface area (Å²) in [6.07, 6.45) is 5.03. The number of aromatic nitrogens is 1. The number of piperidine rings is 1. The van der Waals surface area contributed by atoms with Gasteiger partial charge in [-0.3, -0.25) is 9.59 Å². The van der Waals surface area contributed by atoms with Crippen molar-refractivity contribution in [2.45, 2.75) is 37.6 Å². The molecule has 6 heteroatoms. The van der Waals surface area contributed by atoms with E-state index in [-0.39, 0.29) is 17.9 Å². The number of carbonyl (C=O) groups is 2. The van der Waals surface area contributed by atoms with Gasteiger partial charge in [-0.25, -0.2) is 4.98 Å². The smallest absolute Gasteiger partial charge is 0.245 e. The molecule has 1 aromatic heterocycles. The van der Waals surface area contributed by atoms with Gasteiger partial charge in [-0.05, 0) is 19.3 Å². The van der Waals surface area contributed by atoms with Gasteiger partial charge in [-0.1, -0.05) is 0 Å². The molecule has 102 valence electrons. The van der Waals surface area contributed by atoms with Gasteiger partial charge in [0, 0.05) is 37.0 Å². The Morgan fingerprint density at radius 1 is 1.47 bits per heavy atom. The van der Waals surface area contributed by atoms with Crippen molar-refractivity contribution in [3.05, 3.63) is 16.6 Å². The molecule has 0 saturated carbocycles. The summed E-state index contributed by atoms with van der Waals surface area (Å²) < 4.78 is 0. The highest BCUT2D eigenvalue weighted by molar-refractivity contribution is 7.09. The lowest BCUT2D eigenvalue weighted by atomic mass is 9.98. The molecular formula is C13H17N3O2S. The minimum atomic E-state index is -0.303. The van der Waals surface area contributed by atoms with Gasteiger partial charge in [0.2, 0.25) is 11.8 Å². The lowest BCUT2D eigenvalue weighted by Crippen LogP contribution is -2.47.